The molecule has 0 aromatic heterocycles. The van der Waals surface area contributed by atoms with Crippen LogP contribution in [0.5, 0.6) is 0 Å². The molecule has 1 atom stereocenters. The van der Waals surface area contributed by atoms with Crippen LogP contribution in [0.3, 0.4) is 0 Å². The molecule has 0 saturated heterocycles. The van der Waals surface area contributed by atoms with Crippen LogP contribution in [0.25, 0.3) is 0 Å². The Labute approximate surface area is 105 Å². The van der Waals surface area contributed by atoms with Crippen LogP contribution in [-0.2, 0) is 0 Å². The van der Waals surface area contributed by atoms with Gasteiger partial charge in [-0.1, -0.05) is 52.3 Å². The van der Waals surface area contributed by atoms with Gasteiger partial charge in [-0.3, -0.25) is 4.99 Å². The second kappa shape index (κ2) is 7.21. The minimum atomic E-state index is 0.693. The first-order valence-electron chi connectivity index (χ1n) is 6.54. The second-order valence-corrected chi connectivity index (χ2v) is 6.59. The van der Waals surface area contributed by atoms with Gasteiger partial charge in [0.25, 0.3) is 0 Å². The van der Waals surface area contributed by atoms with Crippen LogP contribution in [0, 0.1) is 11.8 Å². The fraction of sp³-hybridized carbons (Fsp3) is 0.923. The van der Waals surface area contributed by atoms with Gasteiger partial charge in [-0.2, -0.15) is 0 Å². The Balaban J connectivity index is 2.02. The zero-order valence-electron chi connectivity index (χ0n) is 11.1. The molecule has 0 saturated carbocycles. The molecule has 0 spiro atoms. The topological polar surface area (TPSA) is 24.4 Å². The van der Waals surface area contributed by atoms with E-state index in [0.717, 1.165) is 24.9 Å². The lowest BCUT2D eigenvalue weighted by Crippen LogP contribution is -2.21. The molecule has 0 aromatic rings. The summed E-state index contributed by atoms with van der Waals surface area (Å²) in [4.78, 5) is 4.54. The molecule has 2 nitrogen and oxygen atoms in total. The van der Waals surface area contributed by atoms with E-state index < -0.39 is 0 Å². The standard InChI is InChI=1S/C13H26N2S/c1-10(2)7-5-6-8-14-13-15-9-12(16-13)11(3)4/h10-12H,5-9H2,1-4H3,(H,14,15). The van der Waals surface area contributed by atoms with E-state index in [4.69, 9.17) is 0 Å². The third-order valence-corrected chi connectivity index (χ3v) is 4.40. The van der Waals surface area contributed by atoms with Gasteiger partial charge < -0.3 is 5.32 Å². The number of amidine groups is 1. The highest BCUT2D eigenvalue weighted by atomic mass is 32.2. The van der Waals surface area contributed by atoms with Crippen molar-refractivity contribution in [3.05, 3.63) is 0 Å². The molecule has 1 unspecified atom stereocenters. The lowest BCUT2D eigenvalue weighted by atomic mass is 10.1. The number of aliphatic imine (C=N–C) groups is 1. The van der Waals surface area contributed by atoms with E-state index in [1.165, 1.54) is 24.4 Å². The average Bonchev–Trinajstić information content (AvgIpc) is 2.65. The highest BCUT2D eigenvalue weighted by Crippen LogP contribution is 2.25. The smallest absolute Gasteiger partial charge is 0.156 e. The van der Waals surface area contributed by atoms with E-state index in [1.54, 1.807) is 0 Å². The predicted molar refractivity (Wildman–Crippen MR) is 75.2 cm³/mol. The maximum Gasteiger partial charge on any atom is 0.156 e. The molecule has 0 bridgehead atoms. The summed E-state index contributed by atoms with van der Waals surface area (Å²) < 4.78 is 0. The van der Waals surface area contributed by atoms with Gasteiger partial charge in [0.1, 0.15) is 0 Å². The molecule has 0 aromatic carbocycles. The monoisotopic (exact) mass is 242 g/mol. The summed E-state index contributed by atoms with van der Waals surface area (Å²) in [5.41, 5.74) is 0. The summed E-state index contributed by atoms with van der Waals surface area (Å²) >= 11 is 1.92. The van der Waals surface area contributed by atoms with Gasteiger partial charge in [-0.25, -0.2) is 0 Å². The van der Waals surface area contributed by atoms with Crippen LogP contribution in [0.2, 0.25) is 0 Å². The van der Waals surface area contributed by atoms with E-state index in [-0.39, 0.29) is 0 Å². The molecule has 1 aliphatic rings. The first kappa shape index (κ1) is 13.9. The number of hydrogen-bond donors (Lipinski definition) is 1. The third kappa shape index (κ3) is 5.24. The fourth-order valence-corrected chi connectivity index (χ4v) is 2.75. The Morgan fingerprint density at radius 2 is 2.06 bits per heavy atom. The zero-order valence-corrected chi connectivity index (χ0v) is 11.9. The normalized spacial score (nSPS) is 20.6. The average molecular weight is 242 g/mol. The van der Waals surface area contributed by atoms with Crippen molar-refractivity contribution in [2.75, 3.05) is 13.1 Å². The van der Waals surface area contributed by atoms with Crippen molar-refractivity contribution in [1.29, 1.82) is 0 Å². The predicted octanol–water partition coefficient (Wildman–Crippen LogP) is 3.53. The number of nitrogens with one attached hydrogen (secondary N) is 1. The highest BCUT2D eigenvalue weighted by Gasteiger charge is 2.21. The maximum absolute atomic E-state index is 4.54. The number of rotatable bonds is 6. The van der Waals surface area contributed by atoms with Gasteiger partial charge in [0.15, 0.2) is 5.17 Å². The molecule has 1 aliphatic heterocycles. The van der Waals surface area contributed by atoms with Crippen LogP contribution < -0.4 is 5.32 Å². The first-order chi connectivity index (χ1) is 7.59. The third-order valence-electron chi connectivity index (χ3n) is 2.91. The number of nitrogens with zero attached hydrogens (tertiary/aromatic N) is 1. The van der Waals surface area contributed by atoms with Crippen LogP contribution in [0.15, 0.2) is 4.99 Å². The Morgan fingerprint density at radius 3 is 2.62 bits per heavy atom. The molecular weight excluding hydrogens is 216 g/mol. The van der Waals surface area contributed by atoms with E-state index in [0.29, 0.717) is 5.25 Å². The van der Waals surface area contributed by atoms with E-state index in [9.17, 15) is 0 Å². The molecule has 0 radical (unpaired) electrons. The Hall–Kier alpha value is -0.180. The molecule has 3 heteroatoms. The summed E-state index contributed by atoms with van der Waals surface area (Å²) in [6.45, 7) is 11.2. The van der Waals surface area contributed by atoms with Gasteiger partial charge >= 0.3 is 0 Å². The molecule has 0 aliphatic carbocycles. The van der Waals surface area contributed by atoms with Gasteiger partial charge in [0.05, 0.1) is 6.54 Å². The molecular formula is C13H26N2S. The summed E-state index contributed by atoms with van der Waals surface area (Å²) in [6, 6.07) is 0. The fourth-order valence-electron chi connectivity index (χ4n) is 1.71. The molecule has 0 fully saturated rings. The largest absolute Gasteiger partial charge is 0.365 e. The van der Waals surface area contributed by atoms with Crippen LogP contribution >= 0.6 is 11.8 Å². The zero-order chi connectivity index (χ0) is 12.0. The Morgan fingerprint density at radius 1 is 1.31 bits per heavy atom. The minimum Gasteiger partial charge on any atom is -0.365 e. The maximum atomic E-state index is 4.54. The van der Waals surface area contributed by atoms with Crippen molar-refractivity contribution >= 4 is 16.9 Å². The number of thioether (sulfide) groups is 1. The van der Waals surface area contributed by atoms with Crippen molar-refractivity contribution in [3.8, 4) is 0 Å². The minimum absolute atomic E-state index is 0.693. The van der Waals surface area contributed by atoms with Crippen molar-refractivity contribution < 1.29 is 0 Å². The summed E-state index contributed by atoms with van der Waals surface area (Å²) in [5.74, 6) is 1.57. The van der Waals surface area contributed by atoms with E-state index >= 15 is 0 Å². The van der Waals surface area contributed by atoms with E-state index in [1.807, 2.05) is 11.8 Å². The van der Waals surface area contributed by atoms with Gasteiger partial charge in [-0.05, 0) is 18.3 Å². The lowest BCUT2D eigenvalue weighted by molar-refractivity contribution is 0.536. The van der Waals surface area contributed by atoms with Gasteiger partial charge in [0.2, 0.25) is 0 Å². The lowest BCUT2D eigenvalue weighted by Gasteiger charge is -2.12. The molecule has 1 rings (SSSR count). The molecule has 94 valence electrons. The molecule has 16 heavy (non-hydrogen) atoms. The summed E-state index contributed by atoms with van der Waals surface area (Å²) in [5, 5.41) is 5.32. The van der Waals surface area contributed by atoms with Crippen LogP contribution in [0.1, 0.15) is 47.0 Å². The van der Waals surface area contributed by atoms with Crippen molar-refractivity contribution in [1.82, 2.24) is 5.32 Å². The second-order valence-electron chi connectivity index (χ2n) is 5.36. The van der Waals surface area contributed by atoms with Gasteiger partial charge in [-0.15, -0.1) is 0 Å². The number of hydrogen-bond acceptors (Lipinski definition) is 3. The SMILES string of the molecule is CC(C)CCCCNC1=NCC(C(C)C)S1. The van der Waals surface area contributed by atoms with Crippen molar-refractivity contribution in [2.45, 2.75) is 52.2 Å². The summed E-state index contributed by atoms with van der Waals surface area (Å²) in [6.07, 6.45) is 3.94. The summed E-state index contributed by atoms with van der Waals surface area (Å²) in [7, 11) is 0. The molecule has 1 N–H and O–H groups in total. The first-order valence-corrected chi connectivity index (χ1v) is 7.42. The molecule has 0 amide bonds. The Kier molecular flexibility index (Phi) is 6.25. The van der Waals surface area contributed by atoms with Crippen molar-refractivity contribution in [3.63, 3.8) is 0 Å². The quantitative estimate of drug-likeness (QED) is 0.721. The van der Waals surface area contributed by atoms with E-state index in [2.05, 4.69) is 38.0 Å². The van der Waals surface area contributed by atoms with Gasteiger partial charge in [0, 0.05) is 11.8 Å². The van der Waals surface area contributed by atoms with Crippen molar-refractivity contribution in [2.24, 2.45) is 16.8 Å². The highest BCUT2D eigenvalue weighted by molar-refractivity contribution is 8.14. The molecule has 1 heterocycles. The van der Waals surface area contributed by atoms with Crippen LogP contribution in [-0.4, -0.2) is 23.5 Å². The number of unbranched alkanes of at least 4 members (excludes halogenated alkanes) is 1. The van der Waals surface area contributed by atoms with Crippen LogP contribution in [0.4, 0.5) is 0 Å². The Bertz CT molecular complexity index is 224.